The van der Waals surface area contributed by atoms with Crippen molar-refractivity contribution in [3.63, 3.8) is 0 Å². The molecule has 10 nitrogen and oxygen atoms in total. The molecule has 5 rings (SSSR count). The molecule has 0 spiro atoms. The van der Waals surface area contributed by atoms with E-state index >= 15 is 0 Å². The number of imidazole rings is 1. The number of rotatable bonds is 3. The number of ether oxygens (including phenoxy) is 1. The number of amides is 1. The molecule has 1 fully saturated rings. The van der Waals surface area contributed by atoms with Crippen LogP contribution in [-0.4, -0.2) is 65.0 Å². The minimum absolute atomic E-state index is 0.248. The number of likely N-dealkylation sites (tertiary alicyclic amines) is 1. The van der Waals surface area contributed by atoms with Crippen LogP contribution < -0.4 is 4.74 Å². The third-order valence-corrected chi connectivity index (χ3v) is 5.01. The molecule has 1 aliphatic rings. The Kier molecular flexibility index (Phi) is 3.64. The highest BCUT2D eigenvalue weighted by Gasteiger charge is 2.28. The Hall–Kier alpha value is -3.69. The highest BCUT2D eigenvalue weighted by atomic mass is 16.5. The van der Waals surface area contributed by atoms with Gasteiger partial charge in [-0.05, 0) is 18.2 Å². The van der Waals surface area contributed by atoms with E-state index in [4.69, 9.17) is 14.8 Å². The molecule has 2 N–H and O–H groups in total. The molecule has 4 heterocycles. The quantitative estimate of drug-likeness (QED) is 0.558. The number of hydrogen-bond donors (Lipinski definition) is 2. The third-order valence-electron chi connectivity index (χ3n) is 5.01. The first-order chi connectivity index (χ1) is 13.6. The van der Waals surface area contributed by atoms with Crippen molar-refractivity contribution in [3.05, 3.63) is 30.7 Å². The molecule has 28 heavy (non-hydrogen) atoms. The number of aromatic amines is 1. The Morgan fingerprint density at radius 1 is 1.36 bits per heavy atom. The molecule has 1 atom stereocenters. The maximum absolute atomic E-state index is 11.1. The number of aromatic nitrogens is 6. The maximum Gasteiger partial charge on any atom is 0.407 e. The average molecular weight is 379 g/mol. The number of fused-ring (bicyclic) bond motifs is 2. The van der Waals surface area contributed by atoms with Crippen LogP contribution in [0.4, 0.5) is 4.79 Å². The van der Waals surface area contributed by atoms with Crippen LogP contribution >= 0.6 is 0 Å². The number of nitrogens with one attached hydrogen (secondary N) is 1. The van der Waals surface area contributed by atoms with E-state index in [2.05, 4.69) is 20.2 Å². The van der Waals surface area contributed by atoms with Crippen LogP contribution in [0.5, 0.6) is 5.88 Å². The Morgan fingerprint density at radius 2 is 2.25 bits per heavy atom. The molecule has 0 aliphatic carbocycles. The Morgan fingerprint density at radius 3 is 3.07 bits per heavy atom. The lowest BCUT2D eigenvalue weighted by Gasteiger charge is -2.13. The topological polar surface area (TPSA) is 122 Å². The summed E-state index contributed by atoms with van der Waals surface area (Å²) in [6, 6.07) is 5.94. The van der Waals surface area contributed by atoms with Crippen LogP contribution in [-0.2, 0) is 7.05 Å². The standard InChI is InChI=1S/C18H17N7O3/c1-24-15(10-2-3-13-11(6-10)7-21-23-13)22-14-16(24)19-9-20-17(14)28-12-4-5-25(8-12)18(26)27/h2-3,6-7,9,12H,4-5,8H2,1H3,(H,21,23)(H,26,27). The molecule has 4 aromatic rings. The van der Waals surface area contributed by atoms with Crippen LogP contribution in [0.3, 0.4) is 0 Å². The van der Waals surface area contributed by atoms with Gasteiger partial charge in [0.15, 0.2) is 11.2 Å². The van der Waals surface area contributed by atoms with E-state index in [0.29, 0.717) is 36.6 Å². The molecule has 1 unspecified atom stereocenters. The minimum Gasteiger partial charge on any atom is -0.471 e. The minimum atomic E-state index is -0.936. The van der Waals surface area contributed by atoms with Crippen molar-refractivity contribution in [2.45, 2.75) is 12.5 Å². The van der Waals surface area contributed by atoms with E-state index in [1.807, 2.05) is 29.8 Å². The summed E-state index contributed by atoms with van der Waals surface area (Å²) < 4.78 is 7.88. The molecule has 1 aromatic carbocycles. The maximum atomic E-state index is 11.1. The number of aryl methyl sites for hydroxylation is 1. The van der Waals surface area contributed by atoms with Crippen LogP contribution in [0.2, 0.25) is 0 Å². The van der Waals surface area contributed by atoms with Crippen LogP contribution in [0.25, 0.3) is 33.5 Å². The van der Waals surface area contributed by atoms with Gasteiger partial charge in [0, 0.05) is 31.0 Å². The molecular formula is C18H17N7O3. The van der Waals surface area contributed by atoms with Gasteiger partial charge in [0.05, 0.1) is 18.3 Å². The zero-order valence-corrected chi connectivity index (χ0v) is 15.0. The van der Waals surface area contributed by atoms with E-state index in [-0.39, 0.29) is 6.10 Å². The van der Waals surface area contributed by atoms with Gasteiger partial charge in [0.25, 0.3) is 0 Å². The zero-order valence-electron chi connectivity index (χ0n) is 15.0. The van der Waals surface area contributed by atoms with Gasteiger partial charge in [0.2, 0.25) is 5.88 Å². The Balaban J connectivity index is 1.52. The summed E-state index contributed by atoms with van der Waals surface area (Å²) in [5, 5.41) is 17.1. The first kappa shape index (κ1) is 16.5. The zero-order chi connectivity index (χ0) is 19.3. The van der Waals surface area contributed by atoms with Gasteiger partial charge < -0.3 is 19.3 Å². The lowest BCUT2D eigenvalue weighted by Crippen LogP contribution is -2.29. The fourth-order valence-electron chi connectivity index (χ4n) is 3.56. The van der Waals surface area contributed by atoms with Gasteiger partial charge in [-0.15, -0.1) is 0 Å². The second-order valence-corrected chi connectivity index (χ2v) is 6.77. The van der Waals surface area contributed by atoms with Crippen molar-refractivity contribution in [1.82, 2.24) is 34.6 Å². The summed E-state index contributed by atoms with van der Waals surface area (Å²) >= 11 is 0. The predicted octanol–water partition coefficient (Wildman–Crippen LogP) is 2.04. The Labute approximate surface area is 158 Å². The summed E-state index contributed by atoms with van der Waals surface area (Å²) in [5.74, 6) is 1.11. The summed E-state index contributed by atoms with van der Waals surface area (Å²) in [6.07, 6.45) is 2.64. The van der Waals surface area contributed by atoms with Gasteiger partial charge in [0.1, 0.15) is 18.3 Å². The monoisotopic (exact) mass is 379 g/mol. The molecule has 142 valence electrons. The van der Waals surface area contributed by atoms with E-state index in [1.54, 1.807) is 6.20 Å². The lowest BCUT2D eigenvalue weighted by molar-refractivity contribution is 0.145. The predicted molar refractivity (Wildman–Crippen MR) is 100 cm³/mol. The molecule has 0 bridgehead atoms. The largest absolute Gasteiger partial charge is 0.471 e. The van der Waals surface area contributed by atoms with Gasteiger partial charge in [-0.1, -0.05) is 0 Å². The van der Waals surface area contributed by atoms with Crippen molar-refractivity contribution in [2.75, 3.05) is 13.1 Å². The van der Waals surface area contributed by atoms with E-state index in [1.165, 1.54) is 11.2 Å². The van der Waals surface area contributed by atoms with Crippen LogP contribution in [0.15, 0.2) is 30.7 Å². The highest BCUT2D eigenvalue weighted by Crippen LogP contribution is 2.29. The number of carbonyl (C=O) groups is 1. The molecule has 1 amide bonds. The number of H-pyrrole nitrogens is 1. The third kappa shape index (κ3) is 2.61. The summed E-state index contributed by atoms with van der Waals surface area (Å²) in [5.41, 5.74) is 3.09. The van der Waals surface area contributed by atoms with Crippen molar-refractivity contribution in [1.29, 1.82) is 0 Å². The summed E-state index contributed by atoms with van der Waals surface area (Å²) in [4.78, 5) is 25.8. The SMILES string of the molecule is Cn1c(-c2ccc3[nH]ncc3c2)nc2c(OC3CCN(C(=O)O)C3)ncnc21. The molecule has 0 saturated carbocycles. The van der Waals surface area contributed by atoms with Crippen molar-refractivity contribution >= 4 is 28.2 Å². The van der Waals surface area contributed by atoms with Crippen LogP contribution in [0, 0.1) is 0 Å². The molecule has 0 radical (unpaired) electrons. The van der Waals surface area contributed by atoms with Crippen molar-refractivity contribution in [2.24, 2.45) is 7.05 Å². The van der Waals surface area contributed by atoms with E-state index < -0.39 is 6.09 Å². The number of hydrogen-bond acceptors (Lipinski definition) is 6. The highest BCUT2D eigenvalue weighted by molar-refractivity contribution is 5.86. The fourth-order valence-corrected chi connectivity index (χ4v) is 3.56. The van der Waals surface area contributed by atoms with Gasteiger partial charge in [-0.2, -0.15) is 10.1 Å². The molecule has 1 saturated heterocycles. The van der Waals surface area contributed by atoms with Gasteiger partial charge in [-0.25, -0.2) is 14.8 Å². The first-order valence-corrected chi connectivity index (χ1v) is 8.85. The second kappa shape index (κ2) is 6.19. The van der Waals surface area contributed by atoms with Gasteiger partial charge in [-0.3, -0.25) is 5.10 Å². The molecule has 1 aliphatic heterocycles. The van der Waals surface area contributed by atoms with Gasteiger partial charge >= 0.3 is 6.09 Å². The second-order valence-electron chi connectivity index (χ2n) is 6.77. The molecule has 10 heteroatoms. The van der Waals surface area contributed by atoms with Crippen LogP contribution in [0.1, 0.15) is 6.42 Å². The average Bonchev–Trinajstić information content (AvgIpc) is 3.41. The lowest BCUT2D eigenvalue weighted by atomic mass is 10.1. The molecule has 3 aromatic heterocycles. The van der Waals surface area contributed by atoms with E-state index in [9.17, 15) is 4.79 Å². The van der Waals surface area contributed by atoms with Crippen molar-refractivity contribution in [3.8, 4) is 17.3 Å². The first-order valence-electron chi connectivity index (χ1n) is 8.85. The molecular weight excluding hydrogens is 362 g/mol. The fraction of sp³-hybridized carbons (Fsp3) is 0.278. The number of carboxylic acid groups (broad SMARTS) is 1. The normalized spacial score (nSPS) is 16.9. The smallest absolute Gasteiger partial charge is 0.407 e. The summed E-state index contributed by atoms with van der Waals surface area (Å²) in [7, 11) is 1.89. The van der Waals surface area contributed by atoms with Crippen molar-refractivity contribution < 1.29 is 14.6 Å². The number of nitrogens with zero attached hydrogens (tertiary/aromatic N) is 6. The number of benzene rings is 1. The van der Waals surface area contributed by atoms with E-state index in [0.717, 1.165) is 22.3 Å². The summed E-state index contributed by atoms with van der Waals surface area (Å²) in [6.45, 7) is 0.768. The Bertz CT molecular complexity index is 1200.